The number of amides is 1. The SMILES string of the molecule is COC(=O)[C@@H]1C[C@@H](Oc2nccc3c2CCO3)CN1C(=O)OC(C)(C)C. The first-order valence-electron chi connectivity index (χ1n) is 8.63. The molecule has 1 aromatic heterocycles. The molecule has 0 aromatic carbocycles. The van der Waals surface area contributed by atoms with Crippen LogP contribution in [0.3, 0.4) is 0 Å². The van der Waals surface area contributed by atoms with Crippen LogP contribution in [0.4, 0.5) is 4.79 Å². The Hall–Kier alpha value is -2.51. The van der Waals surface area contributed by atoms with Gasteiger partial charge in [0, 0.05) is 19.0 Å². The molecule has 0 radical (unpaired) electrons. The summed E-state index contributed by atoms with van der Waals surface area (Å²) in [6.45, 7) is 6.15. The van der Waals surface area contributed by atoms with E-state index in [2.05, 4.69) is 4.98 Å². The molecule has 2 aliphatic heterocycles. The number of rotatable bonds is 3. The highest BCUT2D eigenvalue weighted by atomic mass is 16.6. The molecule has 8 nitrogen and oxygen atoms in total. The molecule has 1 saturated heterocycles. The lowest BCUT2D eigenvalue weighted by atomic mass is 10.2. The molecule has 0 spiro atoms. The molecule has 0 aliphatic carbocycles. The Morgan fingerprint density at radius 3 is 2.81 bits per heavy atom. The van der Waals surface area contributed by atoms with E-state index in [9.17, 15) is 9.59 Å². The third kappa shape index (κ3) is 3.84. The molecule has 1 amide bonds. The minimum atomic E-state index is -0.743. The van der Waals surface area contributed by atoms with Gasteiger partial charge in [0.15, 0.2) is 0 Å². The molecule has 3 heterocycles. The van der Waals surface area contributed by atoms with Gasteiger partial charge in [0.05, 0.1) is 25.8 Å². The van der Waals surface area contributed by atoms with Gasteiger partial charge in [0.1, 0.15) is 23.5 Å². The van der Waals surface area contributed by atoms with Crippen molar-refractivity contribution in [2.45, 2.75) is 51.4 Å². The van der Waals surface area contributed by atoms with E-state index in [1.54, 1.807) is 33.0 Å². The van der Waals surface area contributed by atoms with Crippen LogP contribution < -0.4 is 9.47 Å². The summed E-state index contributed by atoms with van der Waals surface area (Å²) in [5.41, 5.74) is 0.258. The summed E-state index contributed by atoms with van der Waals surface area (Å²) in [6, 6.07) is 1.06. The van der Waals surface area contributed by atoms with Crippen molar-refractivity contribution in [3.05, 3.63) is 17.8 Å². The van der Waals surface area contributed by atoms with Crippen LogP contribution in [0.15, 0.2) is 12.3 Å². The first kappa shape index (κ1) is 18.3. The molecular formula is C18H24N2O6. The zero-order valence-electron chi connectivity index (χ0n) is 15.5. The number of nitrogens with zero attached hydrogens (tertiary/aromatic N) is 2. The lowest BCUT2D eigenvalue weighted by Crippen LogP contribution is -2.44. The molecule has 1 aromatic rings. The minimum absolute atomic E-state index is 0.223. The van der Waals surface area contributed by atoms with E-state index in [0.717, 1.165) is 17.7 Å². The predicted molar refractivity (Wildman–Crippen MR) is 91.2 cm³/mol. The van der Waals surface area contributed by atoms with Gasteiger partial charge in [-0.15, -0.1) is 0 Å². The van der Waals surface area contributed by atoms with Crippen LogP contribution in [0.5, 0.6) is 11.6 Å². The predicted octanol–water partition coefficient (Wildman–Crippen LogP) is 1.95. The van der Waals surface area contributed by atoms with Gasteiger partial charge in [0.25, 0.3) is 0 Å². The van der Waals surface area contributed by atoms with Gasteiger partial charge in [-0.25, -0.2) is 14.6 Å². The number of fused-ring (bicyclic) bond motifs is 1. The number of hydrogen-bond donors (Lipinski definition) is 0. The van der Waals surface area contributed by atoms with Crippen molar-refractivity contribution in [2.75, 3.05) is 20.3 Å². The Morgan fingerprint density at radius 2 is 2.12 bits per heavy atom. The van der Waals surface area contributed by atoms with Crippen molar-refractivity contribution >= 4 is 12.1 Å². The Labute approximate surface area is 152 Å². The van der Waals surface area contributed by atoms with Crippen LogP contribution in [-0.2, 0) is 20.7 Å². The van der Waals surface area contributed by atoms with Crippen LogP contribution in [0.2, 0.25) is 0 Å². The zero-order chi connectivity index (χ0) is 18.9. The van der Waals surface area contributed by atoms with E-state index in [-0.39, 0.29) is 12.6 Å². The topological polar surface area (TPSA) is 87.2 Å². The molecule has 0 saturated carbocycles. The van der Waals surface area contributed by atoms with Gasteiger partial charge in [0.2, 0.25) is 5.88 Å². The van der Waals surface area contributed by atoms with Crippen LogP contribution in [0.1, 0.15) is 32.8 Å². The van der Waals surface area contributed by atoms with E-state index in [1.165, 1.54) is 12.0 Å². The second-order valence-corrected chi connectivity index (χ2v) is 7.34. The quantitative estimate of drug-likeness (QED) is 0.758. The molecule has 1 fully saturated rings. The van der Waals surface area contributed by atoms with Gasteiger partial charge >= 0.3 is 12.1 Å². The molecule has 142 valence electrons. The number of esters is 1. The zero-order valence-corrected chi connectivity index (χ0v) is 15.5. The molecule has 2 atom stereocenters. The summed E-state index contributed by atoms with van der Waals surface area (Å²) in [5.74, 6) is 0.762. The number of methoxy groups -OCH3 is 1. The van der Waals surface area contributed by atoms with Crippen molar-refractivity contribution < 1.29 is 28.5 Å². The van der Waals surface area contributed by atoms with Crippen LogP contribution in [-0.4, -0.2) is 60.0 Å². The van der Waals surface area contributed by atoms with Crippen molar-refractivity contribution in [1.29, 1.82) is 0 Å². The van der Waals surface area contributed by atoms with Gasteiger partial charge in [-0.05, 0) is 26.8 Å². The summed E-state index contributed by atoms with van der Waals surface area (Å²) in [6.07, 6.45) is 1.72. The Balaban J connectivity index is 1.75. The second-order valence-electron chi connectivity index (χ2n) is 7.34. The lowest BCUT2D eigenvalue weighted by Gasteiger charge is -2.27. The number of likely N-dealkylation sites (tertiary alicyclic amines) is 1. The summed E-state index contributed by atoms with van der Waals surface area (Å²) in [4.78, 5) is 30.2. The Bertz CT molecular complexity index is 699. The number of pyridine rings is 1. The highest BCUT2D eigenvalue weighted by Gasteiger charge is 2.43. The molecule has 26 heavy (non-hydrogen) atoms. The van der Waals surface area contributed by atoms with E-state index in [4.69, 9.17) is 18.9 Å². The standard InChI is InChI=1S/C18H24N2O6/c1-18(2,3)26-17(22)20-10-11(9-13(20)16(21)23-4)25-15-12-6-8-24-14(12)5-7-19-15/h5,7,11,13H,6,8-10H2,1-4H3/t11-,13+/m1/s1. The monoisotopic (exact) mass is 364 g/mol. The fourth-order valence-electron chi connectivity index (χ4n) is 3.11. The summed E-state index contributed by atoms with van der Waals surface area (Å²) < 4.78 is 21.8. The molecule has 2 aliphatic rings. The highest BCUT2D eigenvalue weighted by molar-refractivity contribution is 5.82. The maximum absolute atomic E-state index is 12.5. The second kappa shape index (κ2) is 7.01. The number of carbonyl (C=O) groups is 2. The summed E-state index contributed by atoms with van der Waals surface area (Å²) in [7, 11) is 1.30. The maximum atomic E-state index is 12.5. The normalized spacial score (nSPS) is 21.8. The first-order valence-corrected chi connectivity index (χ1v) is 8.63. The number of hydrogen-bond acceptors (Lipinski definition) is 7. The molecule has 3 rings (SSSR count). The molecule has 0 N–H and O–H groups in total. The van der Waals surface area contributed by atoms with Crippen molar-refractivity contribution in [1.82, 2.24) is 9.88 Å². The molecule has 8 heteroatoms. The first-order chi connectivity index (χ1) is 12.3. The van der Waals surface area contributed by atoms with Gasteiger partial charge in [-0.2, -0.15) is 0 Å². The maximum Gasteiger partial charge on any atom is 0.411 e. The summed E-state index contributed by atoms with van der Waals surface area (Å²) >= 11 is 0. The third-order valence-corrected chi connectivity index (χ3v) is 4.23. The lowest BCUT2D eigenvalue weighted by molar-refractivity contribution is -0.145. The third-order valence-electron chi connectivity index (χ3n) is 4.23. The molecular weight excluding hydrogens is 340 g/mol. The van der Waals surface area contributed by atoms with E-state index in [0.29, 0.717) is 18.9 Å². The van der Waals surface area contributed by atoms with Gasteiger partial charge in [-0.1, -0.05) is 0 Å². The highest BCUT2D eigenvalue weighted by Crippen LogP contribution is 2.33. The van der Waals surface area contributed by atoms with Crippen LogP contribution >= 0.6 is 0 Å². The van der Waals surface area contributed by atoms with Crippen molar-refractivity contribution in [3.8, 4) is 11.6 Å². The largest absolute Gasteiger partial charge is 0.493 e. The Kier molecular flexibility index (Phi) is 4.93. The van der Waals surface area contributed by atoms with E-state index < -0.39 is 23.7 Å². The molecule has 0 bridgehead atoms. The Morgan fingerprint density at radius 1 is 1.35 bits per heavy atom. The average molecular weight is 364 g/mol. The molecule has 0 unspecified atom stereocenters. The fourth-order valence-corrected chi connectivity index (χ4v) is 3.11. The van der Waals surface area contributed by atoms with Crippen molar-refractivity contribution in [2.24, 2.45) is 0 Å². The average Bonchev–Trinajstić information content (AvgIpc) is 3.19. The van der Waals surface area contributed by atoms with Gasteiger partial charge in [-0.3, -0.25) is 4.90 Å². The number of ether oxygens (including phenoxy) is 4. The fraction of sp³-hybridized carbons (Fsp3) is 0.611. The number of aromatic nitrogens is 1. The smallest absolute Gasteiger partial charge is 0.411 e. The van der Waals surface area contributed by atoms with Crippen LogP contribution in [0, 0.1) is 0 Å². The number of carbonyl (C=O) groups excluding carboxylic acids is 2. The summed E-state index contributed by atoms with van der Waals surface area (Å²) in [5, 5.41) is 0. The van der Waals surface area contributed by atoms with Crippen LogP contribution in [0.25, 0.3) is 0 Å². The van der Waals surface area contributed by atoms with E-state index in [1.807, 2.05) is 0 Å². The minimum Gasteiger partial charge on any atom is -0.493 e. The van der Waals surface area contributed by atoms with E-state index >= 15 is 0 Å². The van der Waals surface area contributed by atoms with Crippen molar-refractivity contribution in [3.63, 3.8) is 0 Å². The van der Waals surface area contributed by atoms with Gasteiger partial charge < -0.3 is 18.9 Å².